The van der Waals surface area contributed by atoms with Crippen molar-refractivity contribution in [1.29, 1.82) is 0 Å². The first-order valence-electron chi connectivity index (χ1n) is 4.13. The largest absolute Gasteiger partial charge is 0.478 e. The molecule has 0 aliphatic carbocycles. The highest BCUT2D eigenvalue weighted by Crippen LogP contribution is 2.32. The number of nitro benzene ring substituents is 2. The van der Waals surface area contributed by atoms with Gasteiger partial charge in [-0.2, -0.15) is 0 Å². The number of rotatable bonds is 4. The summed E-state index contributed by atoms with van der Waals surface area (Å²) in [5.41, 5.74) is -1.83. The Hall–Kier alpha value is -2.03. The predicted octanol–water partition coefficient (Wildman–Crippen LogP) is 2.10. The maximum Gasteiger partial charge on any atom is 0.336 e. The highest BCUT2D eigenvalue weighted by Gasteiger charge is 2.27. The number of aromatic carboxylic acids is 1. The molecule has 0 fully saturated rings. The number of carboxylic acids is 1. The average molecular weight is 305 g/mol. The second-order valence-corrected chi connectivity index (χ2v) is 3.51. The third-order valence-electron chi connectivity index (χ3n) is 1.98. The second kappa shape index (κ2) is 4.87. The topological polar surface area (TPSA) is 124 Å². The Labute approximate surface area is 102 Å². The summed E-state index contributed by atoms with van der Waals surface area (Å²) < 4.78 is 0. The van der Waals surface area contributed by atoms with Crippen LogP contribution in [-0.2, 0) is 5.33 Å². The minimum absolute atomic E-state index is 0.112. The molecule has 1 N–H and O–H groups in total. The van der Waals surface area contributed by atoms with Gasteiger partial charge in [0.05, 0.1) is 15.4 Å². The van der Waals surface area contributed by atoms with Gasteiger partial charge in [-0.05, 0) is 0 Å². The first-order valence-corrected chi connectivity index (χ1v) is 5.25. The van der Waals surface area contributed by atoms with Crippen molar-refractivity contribution in [3.63, 3.8) is 0 Å². The standard InChI is InChI=1S/C8H5BrN2O6/c9-3-5-6(10(14)15)1-4(8(12)13)2-7(5)11(16)17/h1-2H,3H2,(H,12,13). The molecule has 90 valence electrons. The van der Waals surface area contributed by atoms with Gasteiger partial charge in [0, 0.05) is 17.5 Å². The summed E-state index contributed by atoms with van der Waals surface area (Å²) in [7, 11) is 0. The third-order valence-corrected chi connectivity index (χ3v) is 2.54. The monoisotopic (exact) mass is 304 g/mol. The van der Waals surface area contributed by atoms with Crippen molar-refractivity contribution in [2.75, 3.05) is 0 Å². The first kappa shape index (κ1) is 13.0. The number of benzene rings is 1. The lowest BCUT2D eigenvalue weighted by Crippen LogP contribution is -2.04. The molecule has 0 atom stereocenters. The van der Waals surface area contributed by atoms with E-state index in [0.29, 0.717) is 0 Å². The van der Waals surface area contributed by atoms with Crippen LogP contribution >= 0.6 is 15.9 Å². The van der Waals surface area contributed by atoms with Gasteiger partial charge in [0.2, 0.25) is 0 Å². The van der Waals surface area contributed by atoms with E-state index < -0.39 is 32.8 Å². The Morgan fingerprint density at radius 3 is 1.88 bits per heavy atom. The van der Waals surface area contributed by atoms with Crippen molar-refractivity contribution in [2.24, 2.45) is 0 Å². The Bertz CT molecular complexity index is 480. The first-order chi connectivity index (χ1) is 7.88. The molecular weight excluding hydrogens is 300 g/mol. The number of hydrogen-bond acceptors (Lipinski definition) is 5. The molecule has 0 unspecified atom stereocenters. The SMILES string of the molecule is O=C(O)c1cc([N+](=O)[O-])c(CBr)c([N+](=O)[O-])c1. The molecule has 9 heteroatoms. The van der Waals surface area contributed by atoms with E-state index in [1.165, 1.54) is 0 Å². The highest BCUT2D eigenvalue weighted by atomic mass is 79.9. The lowest BCUT2D eigenvalue weighted by Gasteiger charge is -2.02. The van der Waals surface area contributed by atoms with E-state index in [4.69, 9.17) is 5.11 Å². The van der Waals surface area contributed by atoms with Crippen LogP contribution in [0.1, 0.15) is 15.9 Å². The van der Waals surface area contributed by atoms with E-state index in [9.17, 15) is 25.0 Å². The van der Waals surface area contributed by atoms with Crippen LogP contribution in [0.4, 0.5) is 11.4 Å². The molecule has 0 heterocycles. The van der Waals surface area contributed by atoms with E-state index in [0.717, 1.165) is 12.1 Å². The van der Waals surface area contributed by atoms with Gasteiger partial charge in [-0.15, -0.1) is 0 Å². The fraction of sp³-hybridized carbons (Fsp3) is 0.125. The van der Waals surface area contributed by atoms with Gasteiger partial charge in [0.25, 0.3) is 11.4 Å². The van der Waals surface area contributed by atoms with Gasteiger partial charge in [0.1, 0.15) is 5.56 Å². The van der Waals surface area contributed by atoms with Gasteiger partial charge in [-0.1, -0.05) is 15.9 Å². The maximum absolute atomic E-state index is 10.7. The van der Waals surface area contributed by atoms with Crippen LogP contribution in [0.2, 0.25) is 0 Å². The lowest BCUT2D eigenvalue weighted by molar-refractivity contribution is -0.395. The molecular formula is C8H5BrN2O6. The second-order valence-electron chi connectivity index (χ2n) is 2.95. The number of nitrogens with zero attached hydrogens (tertiary/aromatic N) is 2. The normalized spacial score (nSPS) is 9.94. The highest BCUT2D eigenvalue weighted by molar-refractivity contribution is 9.08. The van der Waals surface area contributed by atoms with E-state index >= 15 is 0 Å². The number of alkyl halides is 1. The molecule has 1 aromatic carbocycles. The fourth-order valence-electron chi connectivity index (χ4n) is 1.23. The molecule has 17 heavy (non-hydrogen) atoms. The van der Waals surface area contributed by atoms with Crippen LogP contribution in [-0.4, -0.2) is 20.9 Å². The van der Waals surface area contributed by atoms with Crippen LogP contribution in [0.15, 0.2) is 12.1 Å². The number of carbonyl (C=O) groups is 1. The van der Waals surface area contributed by atoms with Gasteiger partial charge >= 0.3 is 5.97 Å². The Balaban J connectivity index is 3.63. The van der Waals surface area contributed by atoms with Crippen molar-refractivity contribution in [1.82, 2.24) is 0 Å². The Kier molecular flexibility index (Phi) is 3.73. The molecule has 0 radical (unpaired) electrons. The molecule has 8 nitrogen and oxygen atoms in total. The van der Waals surface area contributed by atoms with Crippen molar-refractivity contribution in [3.05, 3.63) is 43.5 Å². The van der Waals surface area contributed by atoms with Gasteiger partial charge in [-0.25, -0.2) is 4.79 Å². The summed E-state index contributed by atoms with van der Waals surface area (Å²) in [5, 5.41) is 30.0. The summed E-state index contributed by atoms with van der Waals surface area (Å²) in [6.07, 6.45) is 0. The molecule has 0 saturated carbocycles. The van der Waals surface area contributed by atoms with Crippen LogP contribution in [0.3, 0.4) is 0 Å². The summed E-state index contributed by atoms with van der Waals surface area (Å²) in [4.78, 5) is 30.4. The zero-order valence-corrected chi connectivity index (χ0v) is 9.71. The zero-order valence-electron chi connectivity index (χ0n) is 8.12. The molecule has 1 aromatic rings. The van der Waals surface area contributed by atoms with Crippen LogP contribution in [0.25, 0.3) is 0 Å². The molecule has 1 rings (SSSR count). The molecule has 0 saturated heterocycles. The lowest BCUT2D eigenvalue weighted by atomic mass is 10.1. The van der Waals surface area contributed by atoms with Gasteiger partial charge < -0.3 is 5.11 Å². The number of halogens is 1. The Morgan fingerprint density at radius 1 is 1.24 bits per heavy atom. The average Bonchev–Trinajstić information content (AvgIpc) is 2.26. The zero-order chi connectivity index (χ0) is 13.2. The summed E-state index contributed by atoms with van der Waals surface area (Å²) in [6, 6.07) is 1.60. The fourth-order valence-corrected chi connectivity index (χ4v) is 1.80. The smallest absolute Gasteiger partial charge is 0.336 e. The van der Waals surface area contributed by atoms with E-state index in [1.54, 1.807) is 0 Å². The summed E-state index contributed by atoms with van der Waals surface area (Å²) in [5.74, 6) is -1.46. The minimum atomic E-state index is -1.46. The molecule has 0 spiro atoms. The molecule has 0 amide bonds. The van der Waals surface area contributed by atoms with Crippen molar-refractivity contribution in [3.8, 4) is 0 Å². The van der Waals surface area contributed by atoms with Crippen LogP contribution in [0.5, 0.6) is 0 Å². The van der Waals surface area contributed by atoms with Crippen molar-refractivity contribution < 1.29 is 19.7 Å². The van der Waals surface area contributed by atoms with Crippen LogP contribution in [0, 0.1) is 20.2 Å². The van der Waals surface area contributed by atoms with E-state index in [-0.39, 0.29) is 10.9 Å². The predicted molar refractivity (Wildman–Crippen MR) is 59.3 cm³/mol. The van der Waals surface area contributed by atoms with Crippen molar-refractivity contribution >= 4 is 33.3 Å². The quantitative estimate of drug-likeness (QED) is 0.516. The maximum atomic E-state index is 10.7. The molecule has 0 bridgehead atoms. The Morgan fingerprint density at radius 2 is 1.65 bits per heavy atom. The van der Waals surface area contributed by atoms with E-state index in [2.05, 4.69) is 15.9 Å². The van der Waals surface area contributed by atoms with Crippen molar-refractivity contribution in [2.45, 2.75) is 5.33 Å². The molecule has 0 aliphatic rings. The van der Waals surface area contributed by atoms with E-state index in [1.807, 2.05) is 0 Å². The van der Waals surface area contributed by atoms with Crippen LogP contribution < -0.4 is 0 Å². The number of hydrogen-bond donors (Lipinski definition) is 1. The number of nitro groups is 2. The number of carboxylic acid groups (broad SMARTS) is 1. The minimum Gasteiger partial charge on any atom is -0.478 e. The molecule has 0 aromatic heterocycles. The summed E-state index contributed by atoms with van der Waals surface area (Å²) in [6.45, 7) is 0. The van der Waals surface area contributed by atoms with Gasteiger partial charge in [-0.3, -0.25) is 20.2 Å². The third kappa shape index (κ3) is 2.56. The van der Waals surface area contributed by atoms with Gasteiger partial charge in [0.15, 0.2) is 0 Å². The molecule has 0 aliphatic heterocycles. The summed E-state index contributed by atoms with van der Waals surface area (Å²) >= 11 is 2.90.